The third kappa shape index (κ3) is 5.61. The van der Waals surface area contributed by atoms with Crippen molar-refractivity contribution in [3.8, 4) is 28.6 Å². The van der Waals surface area contributed by atoms with Gasteiger partial charge in [0.1, 0.15) is 11.5 Å². The lowest BCUT2D eigenvalue weighted by Crippen LogP contribution is -2.06. The number of rotatable bonds is 9. The molecule has 0 saturated carbocycles. The van der Waals surface area contributed by atoms with Gasteiger partial charge in [-0.15, -0.1) is 0 Å². The number of ether oxygens (including phenoxy) is 2. The van der Waals surface area contributed by atoms with E-state index in [9.17, 15) is 0 Å². The molecule has 0 aliphatic carbocycles. The zero-order chi connectivity index (χ0) is 29.0. The van der Waals surface area contributed by atoms with E-state index < -0.39 is 0 Å². The monoisotopic (exact) mass is 563 g/mol. The molecule has 0 amide bonds. The second-order valence-electron chi connectivity index (χ2n) is 10.2. The van der Waals surface area contributed by atoms with Crippen LogP contribution >= 0.6 is 0 Å². The van der Waals surface area contributed by atoms with Gasteiger partial charge in [-0.1, -0.05) is 103 Å². The molecule has 7 aromatic rings. The predicted octanol–water partition coefficient (Wildman–Crippen LogP) is 8.11. The fourth-order valence-corrected chi connectivity index (χ4v) is 5.23. The van der Waals surface area contributed by atoms with Gasteiger partial charge in [0.05, 0.1) is 20.0 Å². The van der Waals surface area contributed by atoms with E-state index >= 15 is 0 Å². The largest absolute Gasteiger partial charge is 0.497 e. The molecule has 2 aromatic heterocycles. The van der Waals surface area contributed by atoms with Crippen LogP contribution in [0.1, 0.15) is 11.1 Å². The van der Waals surface area contributed by atoms with E-state index in [1.54, 1.807) is 7.11 Å². The standard InChI is InChI=1S/C36H29N5O2/c1-42-30-14-8-15-31(21-30)43-36-39-34(37-22-29-13-7-12-28-11-5-6-16-32(28)29)33-35(40-36)41(24-38-33)23-25-17-19-27(20-18-25)26-9-3-2-4-10-26/h2-21,24H,22-23H2,1H3,(H,37,39,40). The van der Waals surface area contributed by atoms with Crippen LogP contribution in [0.15, 0.2) is 128 Å². The Labute approximate surface area is 249 Å². The average Bonchev–Trinajstić information content (AvgIpc) is 3.46. The van der Waals surface area contributed by atoms with Crippen molar-refractivity contribution in [1.29, 1.82) is 0 Å². The third-order valence-electron chi connectivity index (χ3n) is 7.43. The van der Waals surface area contributed by atoms with Crippen LogP contribution < -0.4 is 14.8 Å². The van der Waals surface area contributed by atoms with Crippen molar-refractivity contribution in [2.75, 3.05) is 12.4 Å². The summed E-state index contributed by atoms with van der Waals surface area (Å²) in [4.78, 5) is 14.3. The zero-order valence-corrected chi connectivity index (χ0v) is 23.6. The van der Waals surface area contributed by atoms with E-state index in [1.165, 1.54) is 21.9 Å². The minimum atomic E-state index is 0.224. The zero-order valence-electron chi connectivity index (χ0n) is 23.6. The van der Waals surface area contributed by atoms with Crippen molar-refractivity contribution in [2.45, 2.75) is 13.1 Å². The Balaban J connectivity index is 1.22. The van der Waals surface area contributed by atoms with E-state index in [4.69, 9.17) is 24.4 Å². The second kappa shape index (κ2) is 11.7. The molecule has 0 fully saturated rings. The number of hydrogen-bond donors (Lipinski definition) is 1. The van der Waals surface area contributed by atoms with E-state index in [0.29, 0.717) is 41.6 Å². The highest BCUT2D eigenvalue weighted by molar-refractivity contribution is 5.87. The second-order valence-corrected chi connectivity index (χ2v) is 10.2. The van der Waals surface area contributed by atoms with Crippen LogP contribution in [0.4, 0.5) is 5.82 Å². The van der Waals surface area contributed by atoms with Crippen molar-refractivity contribution in [3.63, 3.8) is 0 Å². The Bertz CT molecular complexity index is 2020. The van der Waals surface area contributed by atoms with E-state index in [-0.39, 0.29) is 6.01 Å². The number of nitrogens with one attached hydrogen (secondary N) is 1. The minimum Gasteiger partial charge on any atom is -0.497 e. The molecule has 210 valence electrons. The summed E-state index contributed by atoms with van der Waals surface area (Å²) in [6.07, 6.45) is 1.81. The smallest absolute Gasteiger partial charge is 0.326 e. The first kappa shape index (κ1) is 26.2. The maximum atomic E-state index is 6.15. The Morgan fingerprint density at radius 3 is 2.33 bits per heavy atom. The van der Waals surface area contributed by atoms with Gasteiger partial charge in [-0.25, -0.2) is 4.98 Å². The molecule has 7 nitrogen and oxygen atoms in total. The molecule has 5 aromatic carbocycles. The first-order chi connectivity index (χ1) is 21.2. The molecule has 2 heterocycles. The van der Waals surface area contributed by atoms with Crippen LogP contribution in [-0.2, 0) is 13.1 Å². The Hall–Kier alpha value is -5.69. The lowest BCUT2D eigenvalue weighted by Gasteiger charge is -2.12. The maximum absolute atomic E-state index is 6.15. The number of imidazole rings is 1. The summed E-state index contributed by atoms with van der Waals surface area (Å²) in [6, 6.07) is 41.3. The predicted molar refractivity (Wildman–Crippen MR) is 171 cm³/mol. The highest BCUT2D eigenvalue weighted by Crippen LogP contribution is 2.29. The summed E-state index contributed by atoms with van der Waals surface area (Å²) in [5.41, 5.74) is 6.03. The number of nitrogens with zero attached hydrogens (tertiary/aromatic N) is 4. The summed E-state index contributed by atoms with van der Waals surface area (Å²) < 4.78 is 13.5. The molecule has 0 aliphatic rings. The number of benzene rings is 5. The molecular weight excluding hydrogens is 534 g/mol. The fourth-order valence-electron chi connectivity index (χ4n) is 5.23. The molecule has 0 saturated heterocycles. The fraction of sp³-hybridized carbons (Fsp3) is 0.0833. The number of anilines is 1. The summed E-state index contributed by atoms with van der Waals surface area (Å²) in [5.74, 6) is 1.88. The van der Waals surface area contributed by atoms with Gasteiger partial charge in [0.2, 0.25) is 0 Å². The molecular formula is C36H29N5O2. The first-order valence-corrected chi connectivity index (χ1v) is 14.1. The lowest BCUT2D eigenvalue weighted by molar-refractivity contribution is 0.404. The highest BCUT2D eigenvalue weighted by atomic mass is 16.5. The van der Waals surface area contributed by atoms with Gasteiger partial charge in [0, 0.05) is 12.6 Å². The molecule has 0 spiro atoms. The van der Waals surface area contributed by atoms with Gasteiger partial charge in [-0.2, -0.15) is 9.97 Å². The minimum absolute atomic E-state index is 0.224. The Kier molecular flexibility index (Phi) is 7.11. The molecule has 43 heavy (non-hydrogen) atoms. The molecule has 0 unspecified atom stereocenters. The quantitative estimate of drug-likeness (QED) is 0.191. The molecule has 0 aliphatic heterocycles. The van der Waals surface area contributed by atoms with Crippen molar-refractivity contribution in [1.82, 2.24) is 19.5 Å². The summed E-state index contributed by atoms with van der Waals surface area (Å²) in [6.45, 7) is 1.17. The first-order valence-electron chi connectivity index (χ1n) is 14.1. The average molecular weight is 564 g/mol. The highest BCUT2D eigenvalue weighted by Gasteiger charge is 2.16. The van der Waals surface area contributed by atoms with Crippen LogP contribution in [-0.4, -0.2) is 26.6 Å². The number of hydrogen-bond acceptors (Lipinski definition) is 6. The van der Waals surface area contributed by atoms with Gasteiger partial charge in [0.15, 0.2) is 17.0 Å². The van der Waals surface area contributed by atoms with Crippen LogP contribution in [0, 0.1) is 0 Å². The number of aromatic nitrogens is 4. The molecule has 0 bridgehead atoms. The molecule has 7 heteroatoms. The van der Waals surface area contributed by atoms with Crippen molar-refractivity contribution < 1.29 is 9.47 Å². The van der Waals surface area contributed by atoms with E-state index in [1.807, 2.05) is 41.2 Å². The number of fused-ring (bicyclic) bond motifs is 2. The molecule has 1 N–H and O–H groups in total. The van der Waals surface area contributed by atoms with Gasteiger partial charge in [0.25, 0.3) is 0 Å². The van der Waals surface area contributed by atoms with Crippen molar-refractivity contribution in [3.05, 3.63) is 139 Å². The van der Waals surface area contributed by atoms with Crippen LogP contribution in [0.5, 0.6) is 17.5 Å². The van der Waals surface area contributed by atoms with Crippen LogP contribution in [0.3, 0.4) is 0 Å². The van der Waals surface area contributed by atoms with Crippen LogP contribution in [0.2, 0.25) is 0 Å². The third-order valence-corrected chi connectivity index (χ3v) is 7.43. The van der Waals surface area contributed by atoms with Crippen LogP contribution in [0.25, 0.3) is 33.1 Å². The summed E-state index contributed by atoms with van der Waals surface area (Å²) in [7, 11) is 1.63. The molecule has 7 rings (SSSR count). The van der Waals surface area contributed by atoms with Gasteiger partial charge in [-0.3, -0.25) is 0 Å². The SMILES string of the molecule is COc1cccc(Oc2nc(NCc3cccc4ccccc34)c3ncn(Cc4ccc(-c5ccccc5)cc4)c3n2)c1. The van der Waals surface area contributed by atoms with Gasteiger partial charge >= 0.3 is 6.01 Å². The lowest BCUT2D eigenvalue weighted by atomic mass is 10.0. The van der Waals surface area contributed by atoms with Gasteiger partial charge < -0.3 is 19.4 Å². The Morgan fingerprint density at radius 1 is 0.721 bits per heavy atom. The van der Waals surface area contributed by atoms with Crippen molar-refractivity contribution in [2.24, 2.45) is 0 Å². The number of methoxy groups -OCH3 is 1. The topological polar surface area (TPSA) is 74.1 Å². The molecule has 0 radical (unpaired) electrons. The van der Waals surface area contributed by atoms with Gasteiger partial charge in [-0.05, 0) is 45.2 Å². The summed E-state index contributed by atoms with van der Waals surface area (Å²) >= 11 is 0. The Morgan fingerprint density at radius 2 is 1.47 bits per heavy atom. The molecule has 0 atom stereocenters. The van der Waals surface area contributed by atoms with E-state index in [2.05, 4.69) is 96.3 Å². The van der Waals surface area contributed by atoms with E-state index in [0.717, 1.165) is 11.1 Å². The normalized spacial score (nSPS) is 11.1. The van der Waals surface area contributed by atoms with Crippen molar-refractivity contribution >= 4 is 27.8 Å². The maximum Gasteiger partial charge on any atom is 0.326 e. The summed E-state index contributed by atoms with van der Waals surface area (Å²) in [5, 5.41) is 5.90.